The molecule has 0 saturated heterocycles. The minimum atomic E-state index is 0.245. The maximum atomic E-state index is 6.18. The third-order valence-electron chi connectivity index (χ3n) is 2.54. The largest absolute Gasteiger partial charge is 0.236 e. The second-order valence-electron chi connectivity index (χ2n) is 4.06. The molecule has 0 aliphatic carbocycles. The quantitative estimate of drug-likeness (QED) is 0.744. The van der Waals surface area contributed by atoms with Crippen molar-refractivity contribution in [2.24, 2.45) is 0 Å². The second-order valence-corrected chi connectivity index (χ2v) is 4.83. The molecule has 0 fully saturated rings. The van der Waals surface area contributed by atoms with Crippen LogP contribution in [0, 0.1) is 0 Å². The van der Waals surface area contributed by atoms with Crippen LogP contribution in [0.1, 0.15) is 25.3 Å². The van der Waals surface area contributed by atoms with Crippen molar-refractivity contribution in [3.8, 4) is 11.3 Å². The fourth-order valence-corrected chi connectivity index (χ4v) is 2.33. The summed E-state index contributed by atoms with van der Waals surface area (Å²) in [6.07, 6.45) is 1.47. The average molecular weight is 267 g/mol. The van der Waals surface area contributed by atoms with Crippen molar-refractivity contribution in [2.45, 2.75) is 19.8 Å². The fraction of sp³-hybridized carbons (Fsp3) is 0.231. The van der Waals surface area contributed by atoms with Gasteiger partial charge in [-0.3, -0.25) is 0 Å². The third-order valence-corrected chi connectivity index (χ3v) is 3.17. The first kappa shape index (κ1) is 12.3. The first-order valence-corrected chi connectivity index (χ1v) is 6.12. The smallest absolute Gasteiger partial charge is 0.136 e. The van der Waals surface area contributed by atoms with E-state index in [0.29, 0.717) is 10.2 Å². The van der Waals surface area contributed by atoms with Crippen LogP contribution in [0.15, 0.2) is 30.6 Å². The van der Waals surface area contributed by atoms with Gasteiger partial charge in [-0.25, -0.2) is 9.97 Å². The van der Waals surface area contributed by atoms with Crippen LogP contribution in [0.3, 0.4) is 0 Å². The lowest BCUT2D eigenvalue weighted by atomic mass is 9.99. The van der Waals surface area contributed by atoms with Gasteiger partial charge in [-0.05, 0) is 12.0 Å². The summed E-state index contributed by atoms with van der Waals surface area (Å²) < 4.78 is 0. The summed E-state index contributed by atoms with van der Waals surface area (Å²) in [7, 11) is 0. The van der Waals surface area contributed by atoms with Gasteiger partial charge in [0.15, 0.2) is 0 Å². The molecule has 2 aromatic rings. The highest BCUT2D eigenvalue weighted by atomic mass is 35.5. The van der Waals surface area contributed by atoms with E-state index in [1.807, 2.05) is 24.3 Å². The topological polar surface area (TPSA) is 25.8 Å². The van der Waals surface area contributed by atoms with Crippen LogP contribution in [0.2, 0.25) is 10.2 Å². The van der Waals surface area contributed by atoms with Crippen molar-refractivity contribution in [1.82, 2.24) is 9.97 Å². The van der Waals surface area contributed by atoms with Gasteiger partial charge in [0.1, 0.15) is 11.5 Å². The summed E-state index contributed by atoms with van der Waals surface area (Å²) in [5.74, 6) is 0.245. The molecule has 1 aromatic heterocycles. The van der Waals surface area contributed by atoms with Crippen molar-refractivity contribution >= 4 is 23.2 Å². The first-order chi connectivity index (χ1) is 8.11. The molecule has 1 heterocycles. The van der Waals surface area contributed by atoms with Crippen LogP contribution in [-0.4, -0.2) is 9.97 Å². The van der Waals surface area contributed by atoms with Crippen molar-refractivity contribution in [2.75, 3.05) is 0 Å². The van der Waals surface area contributed by atoms with Crippen LogP contribution in [0.25, 0.3) is 11.3 Å². The fourth-order valence-electron chi connectivity index (χ4n) is 1.75. The van der Waals surface area contributed by atoms with Crippen molar-refractivity contribution < 1.29 is 0 Å². The van der Waals surface area contributed by atoms with Crippen LogP contribution in [0.4, 0.5) is 0 Å². The maximum absolute atomic E-state index is 6.18. The summed E-state index contributed by atoms with van der Waals surface area (Å²) in [5, 5.41) is 1.16. The van der Waals surface area contributed by atoms with E-state index in [4.69, 9.17) is 23.2 Å². The van der Waals surface area contributed by atoms with E-state index in [1.165, 1.54) is 6.33 Å². The number of rotatable bonds is 2. The minimum Gasteiger partial charge on any atom is -0.236 e. The molecular formula is C13H12Cl2N2. The molecule has 0 radical (unpaired) electrons. The second kappa shape index (κ2) is 5.03. The molecule has 0 bridgehead atoms. The molecule has 0 atom stereocenters. The van der Waals surface area contributed by atoms with E-state index in [2.05, 4.69) is 23.8 Å². The Morgan fingerprint density at radius 2 is 1.76 bits per heavy atom. The Balaban J connectivity index is 2.68. The Labute approximate surface area is 111 Å². The Hall–Kier alpha value is -1.12. The summed E-state index contributed by atoms with van der Waals surface area (Å²) >= 11 is 12.3. The Morgan fingerprint density at radius 3 is 2.41 bits per heavy atom. The van der Waals surface area contributed by atoms with Crippen molar-refractivity contribution in [3.05, 3.63) is 46.3 Å². The normalized spacial score (nSPS) is 10.9. The molecule has 17 heavy (non-hydrogen) atoms. The summed E-state index contributed by atoms with van der Waals surface area (Å²) in [5.41, 5.74) is 2.63. The maximum Gasteiger partial charge on any atom is 0.136 e. The van der Waals surface area contributed by atoms with Gasteiger partial charge in [0.25, 0.3) is 0 Å². The molecule has 0 aliphatic heterocycles. The zero-order chi connectivity index (χ0) is 12.4. The Morgan fingerprint density at radius 1 is 1.06 bits per heavy atom. The molecular weight excluding hydrogens is 255 g/mol. The molecule has 0 spiro atoms. The number of halogens is 2. The highest BCUT2D eigenvalue weighted by Crippen LogP contribution is 2.34. The lowest BCUT2D eigenvalue weighted by Crippen LogP contribution is -1.99. The minimum absolute atomic E-state index is 0.245. The lowest BCUT2D eigenvalue weighted by Gasteiger charge is -2.13. The molecule has 0 saturated carbocycles. The molecule has 2 nitrogen and oxygen atoms in total. The zero-order valence-electron chi connectivity index (χ0n) is 9.61. The van der Waals surface area contributed by atoms with Gasteiger partial charge >= 0.3 is 0 Å². The van der Waals surface area contributed by atoms with E-state index in [0.717, 1.165) is 16.8 Å². The Bertz CT molecular complexity index is 539. The monoisotopic (exact) mass is 266 g/mol. The molecule has 0 aliphatic rings. The molecule has 2 rings (SSSR count). The van der Waals surface area contributed by atoms with Gasteiger partial charge in [-0.15, -0.1) is 0 Å². The highest BCUT2D eigenvalue weighted by molar-refractivity contribution is 6.33. The van der Waals surface area contributed by atoms with E-state index < -0.39 is 0 Å². The summed E-state index contributed by atoms with van der Waals surface area (Å²) in [4.78, 5) is 8.34. The standard InChI is InChI=1S/C13H12Cl2N2/c1-8(2)11-12(16-7-17-13(11)15)9-5-3-4-6-10(9)14/h3-8H,1-2H3. The van der Waals surface area contributed by atoms with Crippen LogP contribution in [-0.2, 0) is 0 Å². The molecule has 4 heteroatoms. The van der Waals surface area contributed by atoms with Crippen LogP contribution in [0.5, 0.6) is 0 Å². The number of hydrogen-bond acceptors (Lipinski definition) is 2. The van der Waals surface area contributed by atoms with Gasteiger partial charge in [-0.1, -0.05) is 55.2 Å². The number of aromatic nitrogens is 2. The van der Waals surface area contributed by atoms with Gasteiger partial charge < -0.3 is 0 Å². The van der Waals surface area contributed by atoms with Crippen molar-refractivity contribution in [1.29, 1.82) is 0 Å². The summed E-state index contributed by atoms with van der Waals surface area (Å²) in [6.45, 7) is 4.12. The van der Waals surface area contributed by atoms with Crippen molar-refractivity contribution in [3.63, 3.8) is 0 Å². The number of nitrogens with zero attached hydrogens (tertiary/aromatic N) is 2. The third kappa shape index (κ3) is 2.43. The van der Waals surface area contributed by atoms with Gasteiger partial charge in [0, 0.05) is 16.1 Å². The molecule has 0 N–H and O–H groups in total. The zero-order valence-corrected chi connectivity index (χ0v) is 11.1. The molecule has 88 valence electrons. The van der Waals surface area contributed by atoms with E-state index in [-0.39, 0.29) is 5.92 Å². The van der Waals surface area contributed by atoms with Crippen LogP contribution >= 0.6 is 23.2 Å². The van der Waals surface area contributed by atoms with E-state index in [9.17, 15) is 0 Å². The first-order valence-electron chi connectivity index (χ1n) is 5.36. The van der Waals surface area contributed by atoms with Crippen LogP contribution < -0.4 is 0 Å². The Kier molecular flexibility index (Phi) is 3.65. The van der Waals surface area contributed by atoms with Gasteiger partial charge in [0.05, 0.1) is 5.69 Å². The molecule has 0 amide bonds. The molecule has 1 aromatic carbocycles. The average Bonchev–Trinajstić information content (AvgIpc) is 2.28. The number of benzene rings is 1. The van der Waals surface area contributed by atoms with Gasteiger partial charge in [-0.2, -0.15) is 0 Å². The highest BCUT2D eigenvalue weighted by Gasteiger charge is 2.16. The lowest BCUT2D eigenvalue weighted by molar-refractivity contribution is 0.850. The van der Waals surface area contributed by atoms with E-state index in [1.54, 1.807) is 0 Å². The van der Waals surface area contributed by atoms with E-state index >= 15 is 0 Å². The van der Waals surface area contributed by atoms with Gasteiger partial charge in [0.2, 0.25) is 0 Å². The predicted molar refractivity (Wildman–Crippen MR) is 71.6 cm³/mol. The summed E-state index contributed by atoms with van der Waals surface area (Å²) in [6, 6.07) is 7.61. The SMILES string of the molecule is CC(C)c1c(Cl)ncnc1-c1ccccc1Cl. The predicted octanol–water partition coefficient (Wildman–Crippen LogP) is 4.57. The molecule has 0 unspecified atom stereocenters. The number of hydrogen-bond donors (Lipinski definition) is 0.